The van der Waals surface area contributed by atoms with E-state index in [1.54, 1.807) is 16.8 Å². The summed E-state index contributed by atoms with van der Waals surface area (Å²) in [6.07, 6.45) is 1.84. The number of non-ortho nitro benzene ring substituents is 1. The van der Waals surface area contributed by atoms with Crippen LogP contribution in [0, 0.1) is 24.0 Å². The Hall–Kier alpha value is -2.17. The van der Waals surface area contributed by atoms with Gasteiger partial charge < -0.3 is 0 Å². The first kappa shape index (κ1) is 10.4. The van der Waals surface area contributed by atoms with Gasteiger partial charge in [-0.1, -0.05) is 0 Å². The quantitative estimate of drug-likeness (QED) is 0.573. The summed E-state index contributed by atoms with van der Waals surface area (Å²) in [7, 11) is 0. The van der Waals surface area contributed by atoms with Crippen LogP contribution in [0.1, 0.15) is 11.3 Å². The van der Waals surface area contributed by atoms with Crippen molar-refractivity contribution in [3.8, 4) is 5.69 Å². The number of nitro benzene ring substituents is 1. The Kier molecular flexibility index (Phi) is 2.44. The largest absolute Gasteiger partial charge is 0.269 e. The summed E-state index contributed by atoms with van der Waals surface area (Å²) in [5, 5.41) is 14.9. The standard InChI is InChI=1S/C11H11N3O2/c1-8-7-10(14(15)16)3-4-11(8)13-6-5-9(2)12-13/h3-7H,1-2H3. The molecular formula is C11H11N3O2. The lowest BCUT2D eigenvalue weighted by molar-refractivity contribution is -0.384. The average Bonchev–Trinajstić information content (AvgIpc) is 2.64. The second-order valence-corrected chi connectivity index (χ2v) is 3.63. The van der Waals surface area contributed by atoms with E-state index in [4.69, 9.17) is 0 Å². The van der Waals surface area contributed by atoms with Crippen molar-refractivity contribution in [1.29, 1.82) is 0 Å². The van der Waals surface area contributed by atoms with Crippen LogP contribution in [0.25, 0.3) is 5.69 Å². The molecule has 0 saturated heterocycles. The van der Waals surface area contributed by atoms with Crippen LogP contribution in [-0.4, -0.2) is 14.7 Å². The second-order valence-electron chi connectivity index (χ2n) is 3.63. The summed E-state index contributed by atoms with van der Waals surface area (Å²) < 4.78 is 1.72. The first-order valence-corrected chi connectivity index (χ1v) is 4.85. The van der Waals surface area contributed by atoms with Crippen LogP contribution < -0.4 is 0 Å². The van der Waals surface area contributed by atoms with Crippen molar-refractivity contribution in [2.75, 3.05) is 0 Å². The topological polar surface area (TPSA) is 61.0 Å². The van der Waals surface area contributed by atoms with Crippen molar-refractivity contribution in [3.05, 3.63) is 51.8 Å². The summed E-state index contributed by atoms with van der Waals surface area (Å²) in [6.45, 7) is 3.73. The Morgan fingerprint density at radius 2 is 2.06 bits per heavy atom. The number of aromatic nitrogens is 2. The first-order valence-electron chi connectivity index (χ1n) is 4.85. The van der Waals surface area contributed by atoms with E-state index in [1.165, 1.54) is 6.07 Å². The van der Waals surface area contributed by atoms with Crippen molar-refractivity contribution in [2.45, 2.75) is 13.8 Å². The lowest BCUT2D eigenvalue weighted by Gasteiger charge is -2.05. The van der Waals surface area contributed by atoms with E-state index >= 15 is 0 Å². The Balaban J connectivity index is 2.47. The van der Waals surface area contributed by atoms with Crippen LogP contribution in [0.4, 0.5) is 5.69 Å². The molecule has 1 aromatic carbocycles. The molecule has 0 unspecified atom stereocenters. The van der Waals surface area contributed by atoms with E-state index in [1.807, 2.05) is 26.1 Å². The van der Waals surface area contributed by atoms with Crippen molar-refractivity contribution >= 4 is 5.69 Å². The minimum atomic E-state index is -0.398. The lowest BCUT2D eigenvalue weighted by Crippen LogP contribution is -1.99. The van der Waals surface area contributed by atoms with Gasteiger partial charge >= 0.3 is 0 Å². The van der Waals surface area contributed by atoms with E-state index in [-0.39, 0.29) is 5.69 Å². The molecule has 0 aliphatic heterocycles. The fourth-order valence-electron chi connectivity index (χ4n) is 1.56. The molecule has 2 aromatic rings. The molecule has 0 aliphatic carbocycles. The summed E-state index contributed by atoms with van der Waals surface area (Å²) in [6, 6.07) is 6.63. The molecule has 2 rings (SSSR count). The van der Waals surface area contributed by atoms with Crippen molar-refractivity contribution in [2.24, 2.45) is 0 Å². The molecule has 0 bridgehead atoms. The molecule has 5 nitrogen and oxygen atoms in total. The number of rotatable bonds is 2. The highest BCUT2D eigenvalue weighted by Gasteiger charge is 2.09. The molecule has 82 valence electrons. The Labute approximate surface area is 92.5 Å². The van der Waals surface area contributed by atoms with Crippen molar-refractivity contribution < 1.29 is 4.92 Å². The molecule has 0 amide bonds. The van der Waals surface area contributed by atoms with Crippen molar-refractivity contribution in [3.63, 3.8) is 0 Å². The average molecular weight is 217 g/mol. The predicted molar refractivity (Wildman–Crippen MR) is 59.7 cm³/mol. The maximum Gasteiger partial charge on any atom is 0.269 e. The Bertz CT molecular complexity index is 546. The monoisotopic (exact) mass is 217 g/mol. The lowest BCUT2D eigenvalue weighted by atomic mass is 10.2. The highest BCUT2D eigenvalue weighted by molar-refractivity contribution is 5.47. The van der Waals surface area contributed by atoms with Gasteiger partial charge in [0.2, 0.25) is 0 Å². The Morgan fingerprint density at radius 1 is 1.31 bits per heavy atom. The zero-order valence-corrected chi connectivity index (χ0v) is 9.04. The van der Waals surface area contributed by atoms with Gasteiger partial charge in [0.15, 0.2) is 0 Å². The van der Waals surface area contributed by atoms with E-state index < -0.39 is 4.92 Å². The van der Waals surface area contributed by atoms with Crippen LogP contribution in [0.15, 0.2) is 30.5 Å². The number of nitrogens with zero attached hydrogens (tertiary/aromatic N) is 3. The number of hydrogen-bond donors (Lipinski definition) is 0. The number of nitro groups is 1. The fraction of sp³-hybridized carbons (Fsp3) is 0.182. The third-order valence-corrected chi connectivity index (χ3v) is 2.36. The van der Waals surface area contributed by atoms with E-state index in [9.17, 15) is 10.1 Å². The number of benzene rings is 1. The SMILES string of the molecule is Cc1ccn(-c2ccc([N+](=O)[O-])cc2C)n1. The molecule has 0 saturated carbocycles. The van der Waals surface area contributed by atoms with Gasteiger partial charge in [0.05, 0.1) is 16.3 Å². The van der Waals surface area contributed by atoms with E-state index in [0.29, 0.717) is 0 Å². The van der Waals surface area contributed by atoms with E-state index in [2.05, 4.69) is 5.10 Å². The zero-order valence-electron chi connectivity index (χ0n) is 9.04. The summed E-state index contributed by atoms with van der Waals surface area (Å²) in [5.41, 5.74) is 2.71. The predicted octanol–water partition coefficient (Wildman–Crippen LogP) is 2.40. The Morgan fingerprint density at radius 3 is 2.56 bits per heavy atom. The molecule has 0 N–H and O–H groups in total. The smallest absolute Gasteiger partial charge is 0.258 e. The minimum absolute atomic E-state index is 0.102. The van der Waals surface area contributed by atoms with Crippen LogP contribution in [0.3, 0.4) is 0 Å². The number of hydrogen-bond acceptors (Lipinski definition) is 3. The maximum absolute atomic E-state index is 10.6. The summed E-state index contributed by atoms with van der Waals surface area (Å²) in [5.74, 6) is 0. The van der Waals surface area contributed by atoms with Crippen LogP contribution in [0.2, 0.25) is 0 Å². The zero-order chi connectivity index (χ0) is 11.7. The van der Waals surface area contributed by atoms with Crippen LogP contribution in [0.5, 0.6) is 0 Å². The summed E-state index contributed by atoms with van der Waals surface area (Å²) >= 11 is 0. The van der Waals surface area contributed by atoms with Gasteiger partial charge in [0.25, 0.3) is 5.69 Å². The molecule has 0 aliphatic rings. The third-order valence-electron chi connectivity index (χ3n) is 2.36. The van der Waals surface area contributed by atoms with E-state index in [0.717, 1.165) is 16.9 Å². The first-order chi connectivity index (χ1) is 7.58. The molecule has 0 spiro atoms. The molecule has 0 radical (unpaired) electrons. The van der Waals surface area contributed by atoms with Crippen LogP contribution in [-0.2, 0) is 0 Å². The summed E-state index contributed by atoms with van der Waals surface area (Å²) in [4.78, 5) is 10.2. The van der Waals surface area contributed by atoms with Crippen LogP contribution >= 0.6 is 0 Å². The number of aryl methyl sites for hydroxylation is 2. The second kappa shape index (κ2) is 3.77. The molecular weight excluding hydrogens is 206 g/mol. The molecule has 1 heterocycles. The van der Waals surface area contributed by atoms with Gasteiger partial charge in [0, 0.05) is 18.3 Å². The molecule has 5 heteroatoms. The molecule has 1 aromatic heterocycles. The third kappa shape index (κ3) is 1.79. The van der Waals surface area contributed by atoms with Gasteiger partial charge in [-0.3, -0.25) is 10.1 Å². The van der Waals surface area contributed by atoms with Gasteiger partial charge in [-0.2, -0.15) is 5.10 Å². The fourth-order valence-corrected chi connectivity index (χ4v) is 1.56. The molecule has 0 atom stereocenters. The van der Waals surface area contributed by atoms with Crippen molar-refractivity contribution in [1.82, 2.24) is 9.78 Å². The highest BCUT2D eigenvalue weighted by Crippen LogP contribution is 2.19. The van der Waals surface area contributed by atoms with Gasteiger partial charge in [0.1, 0.15) is 0 Å². The van der Waals surface area contributed by atoms with Gasteiger partial charge in [-0.25, -0.2) is 4.68 Å². The maximum atomic E-state index is 10.6. The van der Waals surface area contributed by atoms with Gasteiger partial charge in [-0.05, 0) is 31.5 Å². The molecule has 0 fully saturated rings. The minimum Gasteiger partial charge on any atom is -0.258 e. The normalized spacial score (nSPS) is 10.4. The highest BCUT2D eigenvalue weighted by atomic mass is 16.6. The van der Waals surface area contributed by atoms with Gasteiger partial charge in [-0.15, -0.1) is 0 Å². The molecule has 16 heavy (non-hydrogen) atoms.